The van der Waals surface area contributed by atoms with Crippen LogP contribution < -0.4 is 9.47 Å². The molecule has 1 saturated heterocycles. The van der Waals surface area contributed by atoms with Crippen LogP contribution in [0.4, 0.5) is 13.2 Å². The first-order valence-electron chi connectivity index (χ1n) is 10.4. The van der Waals surface area contributed by atoms with Crippen LogP contribution in [0.1, 0.15) is 41.4 Å². The van der Waals surface area contributed by atoms with E-state index in [2.05, 4.69) is 10.1 Å². The second-order valence-corrected chi connectivity index (χ2v) is 7.69. The van der Waals surface area contributed by atoms with Gasteiger partial charge in [0.1, 0.15) is 17.2 Å². The molecular weight excluding hydrogens is 437 g/mol. The number of carbonyl (C=O) groups is 1. The average Bonchev–Trinajstić information content (AvgIpc) is 3.40. The van der Waals surface area contributed by atoms with Crippen molar-refractivity contribution in [3.05, 3.63) is 59.1 Å². The van der Waals surface area contributed by atoms with Gasteiger partial charge in [-0.1, -0.05) is 0 Å². The SMILES string of the molecule is COc1ccc(OC)c(C2CCCN2C(=O)/C=C/c2c(C)nn3c(C(F)(F)F)ccnc23)c1. The summed E-state index contributed by atoms with van der Waals surface area (Å²) in [5, 5.41) is 3.99. The number of nitrogens with zero attached hydrogens (tertiary/aromatic N) is 4. The van der Waals surface area contributed by atoms with E-state index in [4.69, 9.17) is 9.47 Å². The van der Waals surface area contributed by atoms with Crippen LogP contribution in [0.3, 0.4) is 0 Å². The maximum Gasteiger partial charge on any atom is 0.433 e. The number of aryl methyl sites for hydroxylation is 1. The second-order valence-electron chi connectivity index (χ2n) is 7.69. The summed E-state index contributed by atoms with van der Waals surface area (Å²) in [6.45, 7) is 2.14. The molecule has 3 heterocycles. The van der Waals surface area contributed by atoms with Gasteiger partial charge in [-0.3, -0.25) is 4.79 Å². The van der Waals surface area contributed by atoms with Crippen molar-refractivity contribution in [2.45, 2.75) is 32.0 Å². The standard InChI is InChI=1S/C23H23F3N4O3/c1-14-16(22-27-11-10-20(23(24,25)26)30(22)28-14)7-9-21(31)29-12-4-5-18(29)17-13-15(32-2)6-8-19(17)33-3/h6-11,13,18H,4-5,12H2,1-3H3/b9-7+. The van der Waals surface area contributed by atoms with Gasteiger partial charge in [0.05, 0.1) is 26.0 Å². The lowest BCUT2D eigenvalue weighted by Gasteiger charge is -2.25. The van der Waals surface area contributed by atoms with Gasteiger partial charge in [-0.2, -0.15) is 18.3 Å². The largest absolute Gasteiger partial charge is 0.497 e. The fourth-order valence-electron chi connectivity index (χ4n) is 4.18. The summed E-state index contributed by atoms with van der Waals surface area (Å²) >= 11 is 0. The third kappa shape index (κ3) is 4.24. The van der Waals surface area contributed by atoms with Crippen LogP contribution in [-0.2, 0) is 11.0 Å². The summed E-state index contributed by atoms with van der Waals surface area (Å²) in [5.74, 6) is 1.06. The molecular formula is C23H23F3N4O3. The molecule has 1 fully saturated rings. The highest BCUT2D eigenvalue weighted by Crippen LogP contribution is 2.39. The molecule has 1 unspecified atom stereocenters. The molecule has 0 bridgehead atoms. The van der Waals surface area contributed by atoms with Crippen LogP contribution in [-0.4, -0.2) is 46.2 Å². The van der Waals surface area contributed by atoms with Gasteiger partial charge < -0.3 is 14.4 Å². The highest BCUT2D eigenvalue weighted by molar-refractivity contribution is 5.93. The molecule has 0 aliphatic carbocycles. The van der Waals surface area contributed by atoms with E-state index < -0.39 is 11.9 Å². The first-order valence-corrected chi connectivity index (χ1v) is 10.4. The van der Waals surface area contributed by atoms with E-state index in [0.717, 1.165) is 35.2 Å². The molecule has 3 aromatic rings. The second kappa shape index (κ2) is 8.76. The Bertz CT molecular complexity index is 1220. The monoisotopic (exact) mass is 460 g/mol. The van der Waals surface area contributed by atoms with Gasteiger partial charge in [0.25, 0.3) is 0 Å². The van der Waals surface area contributed by atoms with Gasteiger partial charge in [0.15, 0.2) is 5.65 Å². The molecule has 1 aromatic carbocycles. The van der Waals surface area contributed by atoms with Crippen molar-refractivity contribution < 1.29 is 27.4 Å². The van der Waals surface area contributed by atoms with E-state index in [9.17, 15) is 18.0 Å². The molecule has 0 spiro atoms. The Labute approximate surface area is 188 Å². The number of ether oxygens (including phenoxy) is 2. The predicted octanol–water partition coefficient (Wildman–Crippen LogP) is 4.45. The zero-order chi connectivity index (χ0) is 23.8. The summed E-state index contributed by atoms with van der Waals surface area (Å²) in [7, 11) is 3.14. The number of aromatic nitrogens is 3. The zero-order valence-corrected chi connectivity index (χ0v) is 18.4. The molecule has 1 atom stereocenters. The number of methoxy groups -OCH3 is 2. The molecule has 7 nitrogen and oxygen atoms in total. The Kier molecular flexibility index (Phi) is 6.01. The van der Waals surface area contributed by atoms with E-state index >= 15 is 0 Å². The normalized spacial score (nSPS) is 16.7. The number of likely N-dealkylation sites (tertiary alicyclic amines) is 1. The van der Waals surface area contributed by atoms with Crippen LogP contribution in [0.25, 0.3) is 11.7 Å². The number of carbonyl (C=O) groups excluding carboxylic acids is 1. The minimum absolute atomic E-state index is 0.0406. The molecule has 33 heavy (non-hydrogen) atoms. The average molecular weight is 460 g/mol. The summed E-state index contributed by atoms with van der Waals surface area (Å²) in [5.41, 5.74) is 0.671. The minimum Gasteiger partial charge on any atom is -0.497 e. The molecule has 174 valence electrons. The number of rotatable bonds is 5. The molecule has 1 amide bonds. The molecule has 10 heteroatoms. The van der Waals surface area contributed by atoms with Crippen LogP contribution in [0, 0.1) is 6.92 Å². The first kappa shape index (κ1) is 22.6. The van der Waals surface area contributed by atoms with Gasteiger partial charge >= 0.3 is 6.18 Å². The van der Waals surface area contributed by atoms with E-state index in [1.54, 1.807) is 38.2 Å². The van der Waals surface area contributed by atoms with Crippen molar-refractivity contribution in [3.8, 4) is 11.5 Å². The fraction of sp³-hybridized carbons (Fsp3) is 0.348. The lowest BCUT2D eigenvalue weighted by Crippen LogP contribution is -2.29. The van der Waals surface area contributed by atoms with Crippen molar-refractivity contribution in [2.24, 2.45) is 0 Å². The van der Waals surface area contributed by atoms with Gasteiger partial charge in [0.2, 0.25) is 5.91 Å². The number of hydrogen-bond donors (Lipinski definition) is 0. The Balaban J connectivity index is 1.64. The van der Waals surface area contributed by atoms with Crippen LogP contribution in [0.5, 0.6) is 11.5 Å². The number of alkyl halides is 3. The van der Waals surface area contributed by atoms with Crippen molar-refractivity contribution in [1.29, 1.82) is 0 Å². The van der Waals surface area contributed by atoms with Crippen LogP contribution in [0.2, 0.25) is 0 Å². The maximum atomic E-state index is 13.3. The Morgan fingerprint density at radius 2 is 2.00 bits per heavy atom. The number of hydrogen-bond acceptors (Lipinski definition) is 5. The van der Waals surface area contributed by atoms with Crippen LogP contribution >= 0.6 is 0 Å². The quantitative estimate of drug-likeness (QED) is 0.527. The predicted molar refractivity (Wildman–Crippen MR) is 115 cm³/mol. The van der Waals surface area contributed by atoms with Crippen molar-refractivity contribution >= 4 is 17.6 Å². The Morgan fingerprint density at radius 1 is 1.21 bits per heavy atom. The molecule has 1 aliphatic heterocycles. The topological polar surface area (TPSA) is 69.0 Å². The highest BCUT2D eigenvalue weighted by atomic mass is 19.4. The highest BCUT2D eigenvalue weighted by Gasteiger charge is 2.35. The van der Waals surface area contributed by atoms with Crippen molar-refractivity contribution in [2.75, 3.05) is 20.8 Å². The third-order valence-electron chi connectivity index (χ3n) is 5.75. The number of halogens is 3. The van der Waals surface area contributed by atoms with Gasteiger partial charge in [0, 0.05) is 29.9 Å². The van der Waals surface area contributed by atoms with E-state index in [1.807, 2.05) is 6.07 Å². The summed E-state index contributed by atoms with van der Waals surface area (Å²) in [6, 6.07) is 6.12. The summed E-state index contributed by atoms with van der Waals surface area (Å²) in [6.07, 6.45) is 0.924. The smallest absolute Gasteiger partial charge is 0.433 e. The van der Waals surface area contributed by atoms with E-state index in [-0.39, 0.29) is 17.6 Å². The third-order valence-corrected chi connectivity index (χ3v) is 5.75. The molecule has 0 N–H and O–H groups in total. The Hall–Kier alpha value is -3.56. The maximum absolute atomic E-state index is 13.3. The lowest BCUT2D eigenvalue weighted by molar-refractivity contribution is -0.142. The molecule has 2 aromatic heterocycles. The minimum atomic E-state index is -4.57. The van der Waals surface area contributed by atoms with Crippen molar-refractivity contribution in [3.63, 3.8) is 0 Å². The number of benzene rings is 1. The first-order chi connectivity index (χ1) is 15.7. The molecule has 4 rings (SSSR count). The summed E-state index contributed by atoms with van der Waals surface area (Å²) < 4.78 is 51.5. The van der Waals surface area contributed by atoms with Crippen molar-refractivity contribution in [1.82, 2.24) is 19.5 Å². The number of amides is 1. The van der Waals surface area contributed by atoms with Gasteiger partial charge in [-0.05, 0) is 50.1 Å². The molecule has 0 radical (unpaired) electrons. The fourth-order valence-corrected chi connectivity index (χ4v) is 4.18. The van der Waals surface area contributed by atoms with Gasteiger partial charge in [-0.15, -0.1) is 0 Å². The molecule has 1 aliphatic rings. The summed E-state index contributed by atoms with van der Waals surface area (Å²) in [4.78, 5) is 18.9. The molecule has 0 saturated carbocycles. The van der Waals surface area contributed by atoms with Crippen LogP contribution in [0.15, 0.2) is 36.5 Å². The van der Waals surface area contributed by atoms with Gasteiger partial charge in [-0.25, -0.2) is 9.50 Å². The Morgan fingerprint density at radius 3 is 2.70 bits per heavy atom. The number of fused-ring (bicyclic) bond motifs is 1. The van der Waals surface area contributed by atoms with E-state index in [0.29, 0.717) is 29.3 Å². The zero-order valence-electron chi connectivity index (χ0n) is 18.4. The van der Waals surface area contributed by atoms with E-state index in [1.165, 1.54) is 12.2 Å². The lowest BCUT2D eigenvalue weighted by atomic mass is 10.0.